The van der Waals surface area contributed by atoms with Gasteiger partial charge in [-0.2, -0.15) is 0 Å². The zero-order valence-electron chi connectivity index (χ0n) is 14.0. The molecule has 2 aliphatic rings. The number of hydrogen-bond acceptors (Lipinski definition) is 4. The third-order valence-corrected chi connectivity index (χ3v) is 4.95. The molecule has 2 saturated heterocycles. The first kappa shape index (κ1) is 16.4. The summed E-state index contributed by atoms with van der Waals surface area (Å²) in [6, 6.07) is 10.4. The van der Waals surface area contributed by atoms with Crippen LogP contribution in [0.15, 0.2) is 30.3 Å². The molecule has 0 spiro atoms. The molecule has 2 fully saturated rings. The summed E-state index contributed by atoms with van der Waals surface area (Å²) in [6.45, 7) is 5.70. The molecule has 0 radical (unpaired) electrons. The second-order valence-corrected chi connectivity index (χ2v) is 6.69. The molecule has 5 heteroatoms. The van der Waals surface area contributed by atoms with Crippen molar-refractivity contribution in [2.45, 2.75) is 24.9 Å². The molecule has 1 aromatic carbocycles. The highest BCUT2D eigenvalue weighted by Gasteiger charge is 2.30. The van der Waals surface area contributed by atoms with Gasteiger partial charge in [-0.15, -0.1) is 0 Å². The van der Waals surface area contributed by atoms with Crippen LogP contribution in [0.2, 0.25) is 0 Å². The summed E-state index contributed by atoms with van der Waals surface area (Å²) < 4.78 is 0. The number of rotatable bonds is 5. The predicted molar refractivity (Wildman–Crippen MR) is 92.3 cm³/mol. The maximum Gasteiger partial charge on any atom is 0.242 e. The van der Waals surface area contributed by atoms with E-state index in [-0.39, 0.29) is 11.9 Å². The SMILES string of the molecule is CN1CCN(C(C(=O)NCC2CCCN2)c2ccccc2)CC1. The third-order valence-electron chi connectivity index (χ3n) is 4.95. The van der Waals surface area contributed by atoms with Crippen LogP contribution in [0.25, 0.3) is 0 Å². The largest absolute Gasteiger partial charge is 0.353 e. The number of nitrogens with zero attached hydrogens (tertiary/aromatic N) is 2. The van der Waals surface area contributed by atoms with Crippen molar-refractivity contribution in [3.63, 3.8) is 0 Å². The molecule has 0 aliphatic carbocycles. The molecular formula is C18H28N4O. The lowest BCUT2D eigenvalue weighted by Gasteiger charge is -2.37. The standard InChI is InChI=1S/C18H28N4O/c1-21-10-12-22(13-11-21)17(15-6-3-2-4-7-15)18(23)20-14-16-8-5-9-19-16/h2-4,6-7,16-17,19H,5,8-14H2,1H3,(H,20,23). The van der Waals surface area contributed by atoms with E-state index in [0.29, 0.717) is 6.04 Å². The Bertz CT molecular complexity index is 493. The zero-order valence-corrected chi connectivity index (χ0v) is 14.0. The lowest BCUT2D eigenvalue weighted by Crippen LogP contribution is -2.51. The molecule has 0 saturated carbocycles. The lowest BCUT2D eigenvalue weighted by molar-refractivity contribution is -0.127. The maximum absolute atomic E-state index is 12.9. The number of piperazine rings is 1. The number of carbonyl (C=O) groups excluding carboxylic acids is 1. The highest BCUT2D eigenvalue weighted by Crippen LogP contribution is 2.22. The van der Waals surface area contributed by atoms with Gasteiger partial charge in [-0.25, -0.2) is 0 Å². The van der Waals surface area contributed by atoms with Gasteiger partial charge in [-0.05, 0) is 32.0 Å². The molecule has 0 aromatic heterocycles. The molecule has 23 heavy (non-hydrogen) atoms. The molecular weight excluding hydrogens is 288 g/mol. The van der Waals surface area contributed by atoms with Crippen molar-refractivity contribution in [3.8, 4) is 0 Å². The summed E-state index contributed by atoms with van der Waals surface area (Å²) in [5.41, 5.74) is 1.09. The van der Waals surface area contributed by atoms with Crippen molar-refractivity contribution in [2.24, 2.45) is 0 Å². The number of nitrogens with one attached hydrogen (secondary N) is 2. The van der Waals surface area contributed by atoms with E-state index in [1.165, 1.54) is 6.42 Å². The predicted octanol–water partition coefficient (Wildman–Crippen LogP) is 0.843. The summed E-state index contributed by atoms with van der Waals surface area (Å²) in [4.78, 5) is 17.5. The van der Waals surface area contributed by atoms with Crippen molar-refractivity contribution in [3.05, 3.63) is 35.9 Å². The van der Waals surface area contributed by atoms with E-state index in [2.05, 4.69) is 39.6 Å². The fraction of sp³-hybridized carbons (Fsp3) is 0.611. The number of hydrogen-bond donors (Lipinski definition) is 2. The minimum absolute atomic E-state index is 0.134. The van der Waals surface area contributed by atoms with Gasteiger partial charge in [0, 0.05) is 38.8 Å². The van der Waals surface area contributed by atoms with Crippen LogP contribution in [0.3, 0.4) is 0 Å². The molecule has 126 valence electrons. The average molecular weight is 316 g/mol. The van der Waals surface area contributed by atoms with Gasteiger partial charge in [0.15, 0.2) is 0 Å². The molecule has 2 unspecified atom stereocenters. The van der Waals surface area contributed by atoms with Gasteiger partial charge in [0.1, 0.15) is 6.04 Å². The Morgan fingerprint density at radius 3 is 2.65 bits per heavy atom. The Hall–Kier alpha value is -1.43. The Kier molecular flexibility index (Phi) is 5.65. The number of benzene rings is 1. The van der Waals surface area contributed by atoms with Crippen molar-refractivity contribution >= 4 is 5.91 Å². The first-order valence-electron chi connectivity index (χ1n) is 8.72. The van der Waals surface area contributed by atoms with Gasteiger partial charge in [-0.3, -0.25) is 9.69 Å². The van der Waals surface area contributed by atoms with Gasteiger partial charge in [0.25, 0.3) is 0 Å². The molecule has 0 bridgehead atoms. The Morgan fingerprint density at radius 2 is 2.00 bits per heavy atom. The van der Waals surface area contributed by atoms with E-state index in [4.69, 9.17) is 0 Å². The second kappa shape index (κ2) is 7.90. The number of amides is 1. The number of likely N-dealkylation sites (N-methyl/N-ethyl adjacent to an activating group) is 1. The van der Waals surface area contributed by atoms with Gasteiger partial charge in [0.05, 0.1) is 0 Å². The van der Waals surface area contributed by atoms with E-state index >= 15 is 0 Å². The summed E-state index contributed by atoms with van der Waals surface area (Å²) in [7, 11) is 2.14. The summed E-state index contributed by atoms with van der Waals surface area (Å²) in [6.07, 6.45) is 2.37. The molecule has 2 aliphatic heterocycles. The van der Waals surface area contributed by atoms with Crippen LogP contribution in [-0.2, 0) is 4.79 Å². The highest BCUT2D eigenvalue weighted by molar-refractivity contribution is 5.83. The van der Waals surface area contributed by atoms with E-state index in [9.17, 15) is 4.79 Å². The quantitative estimate of drug-likeness (QED) is 0.845. The van der Waals surface area contributed by atoms with Crippen LogP contribution in [-0.4, -0.2) is 68.1 Å². The zero-order chi connectivity index (χ0) is 16.1. The van der Waals surface area contributed by atoms with Gasteiger partial charge in [-0.1, -0.05) is 30.3 Å². The highest BCUT2D eigenvalue weighted by atomic mass is 16.2. The maximum atomic E-state index is 12.9. The van der Waals surface area contributed by atoms with E-state index in [0.717, 1.165) is 51.3 Å². The minimum Gasteiger partial charge on any atom is -0.353 e. The van der Waals surface area contributed by atoms with Crippen molar-refractivity contribution < 1.29 is 4.79 Å². The number of carbonyl (C=O) groups is 1. The summed E-state index contributed by atoms with van der Waals surface area (Å²) >= 11 is 0. The fourth-order valence-corrected chi connectivity index (χ4v) is 3.49. The smallest absolute Gasteiger partial charge is 0.242 e. The van der Waals surface area contributed by atoms with Crippen molar-refractivity contribution in [1.82, 2.24) is 20.4 Å². The molecule has 1 amide bonds. The first-order valence-corrected chi connectivity index (χ1v) is 8.72. The van der Waals surface area contributed by atoms with Gasteiger partial charge in [0.2, 0.25) is 5.91 Å². The molecule has 2 N–H and O–H groups in total. The lowest BCUT2D eigenvalue weighted by atomic mass is 10.0. The van der Waals surface area contributed by atoms with Crippen LogP contribution in [0.1, 0.15) is 24.4 Å². The summed E-state index contributed by atoms with van der Waals surface area (Å²) in [5, 5.41) is 6.62. The normalized spacial score (nSPS) is 24.5. The van der Waals surface area contributed by atoms with Crippen LogP contribution < -0.4 is 10.6 Å². The Labute approximate surface area is 139 Å². The van der Waals surface area contributed by atoms with Gasteiger partial charge >= 0.3 is 0 Å². The minimum atomic E-state index is -0.175. The third kappa shape index (κ3) is 4.31. The van der Waals surface area contributed by atoms with Gasteiger partial charge < -0.3 is 15.5 Å². The molecule has 3 rings (SSSR count). The molecule has 2 atom stereocenters. The van der Waals surface area contributed by atoms with Crippen LogP contribution in [0.4, 0.5) is 0 Å². The molecule has 5 nitrogen and oxygen atoms in total. The van der Waals surface area contributed by atoms with E-state index in [1.807, 2.05) is 18.2 Å². The van der Waals surface area contributed by atoms with E-state index < -0.39 is 0 Å². The van der Waals surface area contributed by atoms with Crippen LogP contribution in [0.5, 0.6) is 0 Å². The average Bonchev–Trinajstić information content (AvgIpc) is 3.09. The van der Waals surface area contributed by atoms with Crippen molar-refractivity contribution in [1.29, 1.82) is 0 Å². The Balaban J connectivity index is 1.67. The molecule has 1 aromatic rings. The summed E-state index contributed by atoms with van der Waals surface area (Å²) in [5.74, 6) is 0.134. The van der Waals surface area contributed by atoms with Crippen LogP contribution in [0, 0.1) is 0 Å². The first-order chi connectivity index (χ1) is 11.2. The molecule has 2 heterocycles. The Morgan fingerprint density at radius 1 is 1.26 bits per heavy atom. The second-order valence-electron chi connectivity index (χ2n) is 6.69. The van der Waals surface area contributed by atoms with Crippen LogP contribution >= 0.6 is 0 Å². The monoisotopic (exact) mass is 316 g/mol. The van der Waals surface area contributed by atoms with E-state index in [1.54, 1.807) is 0 Å². The topological polar surface area (TPSA) is 47.6 Å². The fourth-order valence-electron chi connectivity index (χ4n) is 3.49. The van der Waals surface area contributed by atoms with Crippen molar-refractivity contribution in [2.75, 3.05) is 46.3 Å².